The molecule has 3 aromatic rings. The van der Waals surface area contributed by atoms with E-state index in [1.54, 1.807) is 13.2 Å². The molecule has 1 aromatic heterocycles. The van der Waals surface area contributed by atoms with Crippen molar-refractivity contribution in [3.8, 4) is 17.0 Å². The predicted molar refractivity (Wildman–Crippen MR) is 74.7 cm³/mol. The van der Waals surface area contributed by atoms with Crippen molar-refractivity contribution in [2.75, 3.05) is 7.11 Å². The molecule has 0 aliphatic rings. The van der Waals surface area contributed by atoms with Gasteiger partial charge in [-0.2, -0.15) is 5.10 Å². The van der Waals surface area contributed by atoms with Crippen LogP contribution in [0.1, 0.15) is 0 Å². The van der Waals surface area contributed by atoms with E-state index < -0.39 is 4.92 Å². The van der Waals surface area contributed by atoms with E-state index in [0.717, 1.165) is 22.2 Å². The smallest absolute Gasteiger partial charge is 0.270 e. The van der Waals surface area contributed by atoms with E-state index in [9.17, 15) is 10.1 Å². The minimum Gasteiger partial charge on any atom is -0.497 e. The summed E-state index contributed by atoms with van der Waals surface area (Å²) in [5, 5.41) is 18.7. The van der Waals surface area contributed by atoms with Crippen LogP contribution in [0.5, 0.6) is 5.75 Å². The molecular weight excluding hydrogens is 258 g/mol. The number of nitro groups is 1. The van der Waals surface area contributed by atoms with E-state index in [2.05, 4.69) is 10.2 Å². The van der Waals surface area contributed by atoms with Gasteiger partial charge >= 0.3 is 0 Å². The maximum Gasteiger partial charge on any atom is 0.270 e. The van der Waals surface area contributed by atoms with Gasteiger partial charge in [-0.15, -0.1) is 0 Å². The standard InChI is InChI=1S/C14H11N3O3/c1-20-11-5-2-9(3-6-11)14-12-8-10(17(18)19)4-7-13(12)15-16-14/h2-8H,1H3,(H,15,16). The molecule has 20 heavy (non-hydrogen) atoms. The third-order valence-electron chi connectivity index (χ3n) is 3.12. The molecule has 0 bridgehead atoms. The van der Waals surface area contributed by atoms with Gasteiger partial charge in [-0.1, -0.05) is 0 Å². The highest BCUT2D eigenvalue weighted by Gasteiger charge is 2.13. The van der Waals surface area contributed by atoms with Gasteiger partial charge in [-0.05, 0) is 30.3 Å². The Morgan fingerprint density at radius 3 is 2.60 bits per heavy atom. The monoisotopic (exact) mass is 269 g/mol. The maximum atomic E-state index is 10.9. The predicted octanol–water partition coefficient (Wildman–Crippen LogP) is 3.15. The molecule has 6 heteroatoms. The van der Waals surface area contributed by atoms with Crippen LogP contribution in [-0.4, -0.2) is 22.2 Å². The van der Waals surface area contributed by atoms with Crippen molar-refractivity contribution >= 4 is 16.6 Å². The molecule has 0 aliphatic heterocycles. The van der Waals surface area contributed by atoms with Gasteiger partial charge in [0.05, 0.1) is 17.5 Å². The molecule has 1 N–H and O–H groups in total. The first-order chi connectivity index (χ1) is 9.69. The molecule has 6 nitrogen and oxygen atoms in total. The summed E-state index contributed by atoms with van der Waals surface area (Å²) in [4.78, 5) is 10.4. The van der Waals surface area contributed by atoms with Crippen molar-refractivity contribution in [1.29, 1.82) is 0 Å². The van der Waals surface area contributed by atoms with Crippen LogP contribution in [0.3, 0.4) is 0 Å². The van der Waals surface area contributed by atoms with Crippen LogP contribution in [0.4, 0.5) is 5.69 Å². The summed E-state index contributed by atoms with van der Waals surface area (Å²) in [6.45, 7) is 0. The first-order valence-electron chi connectivity index (χ1n) is 5.96. The zero-order valence-electron chi connectivity index (χ0n) is 10.7. The van der Waals surface area contributed by atoms with Crippen molar-refractivity contribution in [3.05, 3.63) is 52.6 Å². The summed E-state index contributed by atoms with van der Waals surface area (Å²) in [5.74, 6) is 0.750. The Bertz CT molecular complexity index is 778. The van der Waals surface area contributed by atoms with Crippen molar-refractivity contribution in [3.63, 3.8) is 0 Å². The van der Waals surface area contributed by atoms with E-state index in [-0.39, 0.29) is 5.69 Å². The van der Waals surface area contributed by atoms with E-state index in [0.29, 0.717) is 5.69 Å². The molecule has 0 saturated heterocycles. The van der Waals surface area contributed by atoms with E-state index in [1.807, 2.05) is 24.3 Å². The first-order valence-corrected chi connectivity index (χ1v) is 5.96. The number of nitrogens with zero attached hydrogens (tertiary/aromatic N) is 2. The van der Waals surface area contributed by atoms with Gasteiger partial charge in [-0.3, -0.25) is 15.2 Å². The number of hydrogen-bond acceptors (Lipinski definition) is 4. The van der Waals surface area contributed by atoms with Crippen LogP contribution in [0, 0.1) is 10.1 Å². The quantitative estimate of drug-likeness (QED) is 0.585. The Kier molecular flexibility index (Phi) is 2.83. The van der Waals surface area contributed by atoms with Crippen LogP contribution in [0.15, 0.2) is 42.5 Å². The molecule has 0 atom stereocenters. The topological polar surface area (TPSA) is 81.0 Å². The third-order valence-corrected chi connectivity index (χ3v) is 3.12. The molecule has 0 amide bonds. The van der Waals surface area contributed by atoms with Crippen LogP contribution >= 0.6 is 0 Å². The Labute approximate surface area is 114 Å². The Hall–Kier alpha value is -2.89. The molecule has 0 unspecified atom stereocenters. The fourth-order valence-electron chi connectivity index (χ4n) is 2.08. The van der Waals surface area contributed by atoms with Crippen molar-refractivity contribution < 1.29 is 9.66 Å². The van der Waals surface area contributed by atoms with E-state index >= 15 is 0 Å². The van der Waals surface area contributed by atoms with Crippen molar-refractivity contribution in [1.82, 2.24) is 10.2 Å². The number of benzene rings is 2. The minimum atomic E-state index is -0.412. The number of rotatable bonds is 3. The minimum absolute atomic E-state index is 0.0497. The van der Waals surface area contributed by atoms with Crippen molar-refractivity contribution in [2.45, 2.75) is 0 Å². The van der Waals surface area contributed by atoms with Crippen LogP contribution in [0.2, 0.25) is 0 Å². The number of nitro benzene ring substituents is 1. The molecular formula is C14H11N3O3. The van der Waals surface area contributed by atoms with Crippen LogP contribution in [0.25, 0.3) is 22.2 Å². The summed E-state index contributed by atoms with van der Waals surface area (Å²) < 4.78 is 5.11. The lowest BCUT2D eigenvalue weighted by atomic mass is 10.1. The second kappa shape index (κ2) is 4.65. The van der Waals surface area contributed by atoms with Gasteiger partial charge in [0, 0.05) is 23.1 Å². The highest BCUT2D eigenvalue weighted by atomic mass is 16.6. The normalized spacial score (nSPS) is 10.7. The van der Waals surface area contributed by atoms with Crippen molar-refractivity contribution in [2.24, 2.45) is 0 Å². The number of methoxy groups -OCH3 is 1. The Morgan fingerprint density at radius 2 is 1.95 bits per heavy atom. The molecule has 0 fully saturated rings. The molecule has 1 heterocycles. The fraction of sp³-hybridized carbons (Fsp3) is 0.0714. The van der Waals surface area contributed by atoms with E-state index in [4.69, 9.17) is 4.74 Å². The summed E-state index contributed by atoms with van der Waals surface area (Å²) >= 11 is 0. The average Bonchev–Trinajstić information content (AvgIpc) is 2.90. The molecule has 2 aromatic carbocycles. The molecule has 0 aliphatic carbocycles. The van der Waals surface area contributed by atoms with Crippen LogP contribution in [-0.2, 0) is 0 Å². The highest BCUT2D eigenvalue weighted by molar-refractivity contribution is 5.94. The third kappa shape index (κ3) is 1.97. The second-order valence-corrected chi connectivity index (χ2v) is 4.29. The lowest BCUT2D eigenvalue weighted by Crippen LogP contribution is -1.87. The highest BCUT2D eigenvalue weighted by Crippen LogP contribution is 2.30. The number of ether oxygens (including phenoxy) is 1. The SMILES string of the molecule is COc1ccc(-c2n[nH]c3ccc([N+](=O)[O-])cc23)cc1. The zero-order chi connectivity index (χ0) is 14.1. The number of H-pyrrole nitrogens is 1. The Morgan fingerprint density at radius 1 is 1.20 bits per heavy atom. The number of aromatic nitrogens is 2. The number of nitrogens with one attached hydrogen (secondary N) is 1. The van der Waals surface area contributed by atoms with Gasteiger partial charge < -0.3 is 4.74 Å². The van der Waals surface area contributed by atoms with Gasteiger partial charge in [-0.25, -0.2) is 0 Å². The number of aromatic amines is 1. The summed E-state index contributed by atoms with van der Waals surface area (Å²) in [6.07, 6.45) is 0. The van der Waals surface area contributed by atoms with Gasteiger partial charge in [0.1, 0.15) is 11.4 Å². The maximum absolute atomic E-state index is 10.9. The molecule has 0 radical (unpaired) electrons. The molecule has 0 spiro atoms. The van der Waals surface area contributed by atoms with Gasteiger partial charge in [0.2, 0.25) is 0 Å². The summed E-state index contributed by atoms with van der Waals surface area (Å²) in [5.41, 5.74) is 2.37. The second-order valence-electron chi connectivity index (χ2n) is 4.29. The summed E-state index contributed by atoms with van der Waals surface area (Å²) in [7, 11) is 1.60. The van der Waals surface area contributed by atoms with Gasteiger partial charge in [0.25, 0.3) is 5.69 Å². The summed E-state index contributed by atoms with van der Waals surface area (Å²) in [6, 6.07) is 12.0. The lowest BCUT2D eigenvalue weighted by Gasteiger charge is -2.01. The fourth-order valence-corrected chi connectivity index (χ4v) is 2.08. The van der Waals surface area contributed by atoms with Gasteiger partial charge in [0.15, 0.2) is 0 Å². The first kappa shape index (κ1) is 12.2. The number of hydrogen-bond donors (Lipinski definition) is 1. The average molecular weight is 269 g/mol. The lowest BCUT2D eigenvalue weighted by molar-refractivity contribution is -0.384. The largest absolute Gasteiger partial charge is 0.497 e. The molecule has 100 valence electrons. The number of fused-ring (bicyclic) bond motifs is 1. The number of non-ortho nitro benzene ring substituents is 1. The zero-order valence-corrected chi connectivity index (χ0v) is 10.7. The Balaban J connectivity index is 2.14. The molecule has 3 rings (SSSR count). The van der Waals surface area contributed by atoms with Crippen LogP contribution < -0.4 is 4.74 Å². The molecule has 0 saturated carbocycles. The van der Waals surface area contributed by atoms with E-state index in [1.165, 1.54) is 12.1 Å².